The van der Waals surface area contributed by atoms with Crippen LogP contribution in [0.2, 0.25) is 0 Å². The van der Waals surface area contributed by atoms with Crippen LogP contribution in [0.4, 0.5) is 0 Å². The van der Waals surface area contributed by atoms with Crippen molar-refractivity contribution in [3.05, 3.63) is 23.0 Å². The maximum absolute atomic E-state index is 10.8. The van der Waals surface area contributed by atoms with Crippen molar-refractivity contribution in [2.75, 3.05) is 13.6 Å². The van der Waals surface area contributed by atoms with Gasteiger partial charge in [-0.2, -0.15) is 0 Å². The Labute approximate surface area is 83.1 Å². The van der Waals surface area contributed by atoms with E-state index in [9.17, 15) is 9.59 Å². The number of hydrogen-bond donors (Lipinski definition) is 2. The fraction of sp³-hybridized carbons (Fsp3) is 0.400. The third-order valence-electron chi connectivity index (χ3n) is 2.23. The molecule has 0 aliphatic carbocycles. The van der Waals surface area contributed by atoms with Crippen LogP contribution in [0.25, 0.3) is 0 Å². The molecule has 2 N–H and O–H groups in total. The predicted octanol–water partition coefficient (Wildman–Crippen LogP) is -0.0191. The summed E-state index contributed by atoms with van der Waals surface area (Å²) in [6, 6.07) is 0. The number of carbonyl (C=O) groups excluding carboxylic acids is 2. The van der Waals surface area contributed by atoms with Crippen LogP contribution < -0.4 is 10.6 Å². The molecule has 1 rings (SSSR count). The quantitative estimate of drug-likeness (QED) is 0.618. The molecular weight excluding hydrogens is 180 g/mol. The SMILES string of the molecule is CN/C=C(/C)C1=C(C=O)C(C=O)CN1. The van der Waals surface area contributed by atoms with Gasteiger partial charge in [-0.15, -0.1) is 0 Å². The summed E-state index contributed by atoms with van der Waals surface area (Å²) in [5, 5.41) is 5.93. The Balaban J connectivity index is 3.01. The second-order valence-corrected chi connectivity index (χ2v) is 3.19. The van der Waals surface area contributed by atoms with Gasteiger partial charge in [0.25, 0.3) is 0 Å². The molecule has 0 fully saturated rings. The Kier molecular flexibility index (Phi) is 3.45. The van der Waals surface area contributed by atoms with E-state index in [1.807, 2.05) is 6.92 Å². The highest BCUT2D eigenvalue weighted by molar-refractivity contribution is 5.84. The minimum absolute atomic E-state index is 0.303. The molecule has 1 atom stereocenters. The lowest BCUT2D eigenvalue weighted by Gasteiger charge is -2.04. The van der Waals surface area contributed by atoms with Crippen molar-refractivity contribution in [2.24, 2.45) is 5.92 Å². The van der Waals surface area contributed by atoms with E-state index in [0.29, 0.717) is 12.1 Å². The second kappa shape index (κ2) is 4.60. The minimum Gasteiger partial charge on any atom is -0.394 e. The summed E-state index contributed by atoms with van der Waals surface area (Å²) in [5.74, 6) is -0.303. The van der Waals surface area contributed by atoms with Crippen molar-refractivity contribution < 1.29 is 9.59 Å². The van der Waals surface area contributed by atoms with Gasteiger partial charge in [-0.25, -0.2) is 0 Å². The Morgan fingerprint density at radius 2 is 2.29 bits per heavy atom. The van der Waals surface area contributed by atoms with Gasteiger partial charge >= 0.3 is 0 Å². The maximum atomic E-state index is 10.8. The molecule has 1 aliphatic rings. The number of allylic oxidation sites excluding steroid dienone is 1. The minimum atomic E-state index is -0.303. The molecule has 0 radical (unpaired) electrons. The zero-order chi connectivity index (χ0) is 10.6. The largest absolute Gasteiger partial charge is 0.394 e. The van der Waals surface area contributed by atoms with Crippen LogP contribution in [0.1, 0.15) is 6.92 Å². The molecule has 4 nitrogen and oxygen atoms in total. The van der Waals surface area contributed by atoms with Crippen molar-refractivity contribution >= 4 is 12.6 Å². The van der Waals surface area contributed by atoms with Gasteiger partial charge < -0.3 is 15.4 Å². The summed E-state index contributed by atoms with van der Waals surface area (Å²) in [7, 11) is 1.79. The zero-order valence-electron chi connectivity index (χ0n) is 8.33. The van der Waals surface area contributed by atoms with Gasteiger partial charge in [0, 0.05) is 31.1 Å². The van der Waals surface area contributed by atoms with Crippen LogP contribution in [-0.4, -0.2) is 26.2 Å². The Morgan fingerprint density at radius 3 is 2.79 bits per heavy atom. The number of rotatable bonds is 4. The monoisotopic (exact) mass is 194 g/mol. The Hall–Kier alpha value is -1.58. The van der Waals surface area contributed by atoms with E-state index in [1.165, 1.54) is 0 Å². The Morgan fingerprint density at radius 1 is 1.57 bits per heavy atom. The molecule has 0 aromatic heterocycles. The smallest absolute Gasteiger partial charge is 0.148 e. The van der Waals surface area contributed by atoms with Crippen LogP contribution in [0.3, 0.4) is 0 Å². The van der Waals surface area contributed by atoms with Crippen LogP contribution in [0.5, 0.6) is 0 Å². The van der Waals surface area contributed by atoms with Crippen molar-refractivity contribution in [1.82, 2.24) is 10.6 Å². The summed E-state index contributed by atoms with van der Waals surface area (Å²) < 4.78 is 0. The van der Waals surface area contributed by atoms with Crippen molar-refractivity contribution in [1.29, 1.82) is 0 Å². The standard InChI is InChI=1S/C10H14N2O2/c1-7(3-11-2)10-9(6-14)8(5-13)4-12-10/h3,5-6,8,11-12H,4H2,1-2H3/b7-3-. The summed E-state index contributed by atoms with van der Waals surface area (Å²) in [6.45, 7) is 2.40. The molecule has 1 aliphatic heterocycles. The molecule has 0 aromatic carbocycles. The first kappa shape index (κ1) is 10.5. The van der Waals surface area contributed by atoms with Crippen LogP contribution in [-0.2, 0) is 9.59 Å². The van der Waals surface area contributed by atoms with Crippen LogP contribution >= 0.6 is 0 Å². The van der Waals surface area contributed by atoms with Crippen molar-refractivity contribution in [3.63, 3.8) is 0 Å². The lowest BCUT2D eigenvalue weighted by molar-refractivity contribution is -0.112. The molecule has 1 heterocycles. The highest BCUT2D eigenvalue weighted by atomic mass is 16.1. The maximum Gasteiger partial charge on any atom is 0.148 e. The summed E-state index contributed by atoms with van der Waals surface area (Å²) in [5.41, 5.74) is 2.24. The first-order valence-electron chi connectivity index (χ1n) is 4.47. The van der Waals surface area contributed by atoms with Gasteiger partial charge in [0.2, 0.25) is 0 Å². The van der Waals surface area contributed by atoms with Crippen LogP contribution in [0, 0.1) is 5.92 Å². The third-order valence-corrected chi connectivity index (χ3v) is 2.23. The average molecular weight is 194 g/mol. The van der Waals surface area contributed by atoms with Gasteiger partial charge in [0.1, 0.15) is 12.6 Å². The highest BCUT2D eigenvalue weighted by Gasteiger charge is 2.24. The molecule has 0 amide bonds. The third kappa shape index (κ3) is 1.84. The van der Waals surface area contributed by atoms with E-state index in [2.05, 4.69) is 10.6 Å². The van der Waals surface area contributed by atoms with Crippen molar-refractivity contribution in [3.8, 4) is 0 Å². The molecule has 4 heteroatoms. The fourth-order valence-electron chi connectivity index (χ4n) is 1.53. The van der Waals surface area contributed by atoms with Gasteiger partial charge in [0.05, 0.1) is 5.92 Å². The zero-order valence-corrected chi connectivity index (χ0v) is 8.33. The molecule has 0 bridgehead atoms. The molecule has 0 saturated heterocycles. The van der Waals surface area contributed by atoms with E-state index in [4.69, 9.17) is 0 Å². The lowest BCUT2D eigenvalue weighted by Crippen LogP contribution is -2.14. The predicted molar refractivity (Wildman–Crippen MR) is 53.5 cm³/mol. The first-order valence-corrected chi connectivity index (χ1v) is 4.47. The number of hydrogen-bond acceptors (Lipinski definition) is 4. The van der Waals surface area contributed by atoms with Gasteiger partial charge in [0.15, 0.2) is 0 Å². The Bertz CT molecular complexity index is 305. The number of aldehydes is 2. The topological polar surface area (TPSA) is 58.2 Å². The fourth-order valence-corrected chi connectivity index (χ4v) is 1.53. The van der Waals surface area contributed by atoms with Gasteiger partial charge in [-0.3, -0.25) is 4.79 Å². The van der Waals surface area contributed by atoms with E-state index < -0.39 is 0 Å². The molecule has 14 heavy (non-hydrogen) atoms. The molecule has 0 spiro atoms. The van der Waals surface area contributed by atoms with E-state index >= 15 is 0 Å². The summed E-state index contributed by atoms with van der Waals surface area (Å²) in [4.78, 5) is 21.4. The highest BCUT2D eigenvalue weighted by Crippen LogP contribution is 2.21. The van der Waals surface area contributed by atoms with Crippen molar-refractivity contribution in [2.45, 2.75) is 6.92 Å². The lowest BCUT2D eigenvalue weighted by atomic mass is 10.0. The number of carbonyl (C=O) groups is 2. The molecule has 0 aromatic rings. The van der Waals surface area contributed by atoms with E-state index in [1.54, 1.807) is 13.2 Å². The summed E-state index contributed by atoms with van der Waals surface area (Å²) >= 11 is 0. The summed E-state index contributed by atoms with van der Waals surface area (Å²) in [6.07, 6.45) is 3.34. The molecule has 76 valence electrons. The average Bonchev–Trinajstić information content (AvgIpc) is 2.60. The van der Waals surface area contributed by atoms with Gasteiger partial charge in [-0.1, -0.05) is 0 Å². The van der Waals surface area contributed by atoms with E-state index in [-0.39, 0.29) is 5.92 Å². The number of nitrogens with one attached hydrogen (secondary N) is 2. The van der Waals surface area contributed by atoms with Crippen LogP contribution in [0.15, 0.2) is 23.0 Å². The van der Waals surface area contributed by atoms with Gasteiger partial charge in [-0.05, 0) is 12.5 Å². The second-order valence-electron chi connectivity index (χ2n) is 3.19. The molecular formula is C10H14N2O2. The van der Waals surface area contributed by atoms with E-state index in [0.717, 1.165) is 23.8 Å². The normalized spacial score (nSPS) is 21.9. The first-order chi connectivity index (χ1) is 6.74. The molecule has 0 saturated carbocycles. The molecule has 1 unspecified atom stereocenters.